The van der Waals surface area contributed by atoms with Crippen molar-refractivity contribution < 1.29 is 13.2 Å². The van der Waals surface area contributed by atoms with Crippen LogP contribution in [-0.4, -0.2) is 32.8 Å². The normalized spacial score (nSPS) is 26.8. The van der Waals surface area contributed by atoms with E-state index in [1.807, 2.05) is 0 Å². The van der Waals surface area contributed by atoms with Crippen LogP contribution < -0.4 is 10.6 Å². The smallest absolute Gasteiger partial charge is 0.359 e. The molecule has 0 heterocycles. The molecule has 0 amide bonds. The monoisotopic (exact) mass is 251 g/mol. The van der Waals surface area contributed by atoms with Crippen molar-refractivity contribution in [2.45, 2.75) is 31.9 Å². The lowest BCUT2D eigenvalue weighted by Crippen LogP contribution is -2.40. The summed E-state index contributed by atoms with van der Waals surface area (Å²) >= 11 is 0. The number of hydrogen-bond acceptors (Lipinski definition) is 1. The molecule has 0 aromatic carbocycles. The molecule has 100 valence electrons. The molecule has 1 fully saturated rings. The van der Waals surface area contributed by atoms with E-state index in [1.165, 1.54) is 0 Å². The molecule has 0 aliphatic heterocycles. The summed E-state index contributed by atoms with van der Waals surface area (Å²) in [6.45, 7) is 0.556. The van der Waals surface area contributed by atoms with Gasteiger partial charge in [0.25, 0.3) is 0 Å². The highest BCUT2D eigenvalue weighted by molar-refractivity contribution is 5.79. The zero-order chi connectivity index (χ0) is 12.9. The minimum absolute atomic E-state index is 0.0838. The molecule has 0 aromatic rings. The van der Waals surface area contributed by atoms with E-state index >= 15 is 0 Å². The van der Waals surface area contributed by atoms with E-state index in [0.29, 0.717) is 18.9 Å². The molecule has 1 saturated carbocycles. The number of nitrogens with one attached hydrogen (secondary N) is 2. The van der Waals surface area contributed by atoms with Crippen molar-refractivity contribution in [3.05, 3.63) is 0 Å². The minimum Gasteiger partial charge on any atom is -0.359 e. The third-order valence-corrected chi connectivity index (χ3v) is 3.26. The second kappa shape index (κ2) is 6.12. The Morgan fingerprint density at radius 1 is 1.35 bits per heavy atom. The molecule has 2 unspecified atom stereocenters. The maximum absolute atomic E-state index is 12.6. The highest BCUT2D eigenvalue weighted by Crippen LogP contribution is 2.39. The van der Waals surface area contributed by atoms with E-state index in [0.717, 1.165) is 6.42 Å². The van der Waals surface area contributed by atoms with Gasteiger partial charge in [-0.25, -0.2) is 0 Å². The lowest BCUT2D eigenvalue weighted by molar-refractivity contribution is -0.185. The third kappa shape index (κ3) is 4.44. The fourth-order valence-electron chi connectivity index (χ4n) is 2.29. The predicted octanol–water partition coefficient (Wildman–Crippen LogP) is 2.15. The first-order chi connectivity index (χ1) is 7.97. The summed E-state index contributed by atoms with van der Waals surface area (Å²) in [5, 5.41) is 5.88. The van der Waals surface area contributed by atoms with E-state index in [9.17, 15) is 13.2 Å². The second-order valence-corrected chi connectivity index (χ2v) is 4.47. The molecule has 0 bridgehead atoms. The topological polar surface area (TPSA) is 36.4 Å². The molecule has 1 aliphatic carbocycles. The SMILES string of the molecule is CN=C(NC)NCC1CCCC(C(F)(F)F)C1. The molecule has 1 aliphatic rings. The van der Waals surface area contributed by atoms with Gasteiger partial charge in [0.2, 0.25) is 0 Å². The number of guanidine groups is 1. The Balaban J connectivity index is 2.40. The number of alkyl halides is 3. The summed E-state index contributed by atoms with van der Waals surface area (Å²) in [4.78, 5) is 3.93. The van der Waals surface area contributed by atoms with Crippen molar-refractivity contribution >= 4 is 5.96 Å². The number of nitrogens with zero attached hydrogens (tertiary/aromatic N) is 1. The standard InChI is InChI=1S/C11H20F3N3/c1-15-10(16-2)17-7-8-4-3-5-9(6-8)11(12,13)14/h8-9H,3-7H2,1-2H3,(H2,15,16,17). The third-order valence-electron chi connectivity index (χ3n) is 3.26. The molecule has 2 atom stereocenters. The molecular formula is C11H20F3N3. The number of aliphatic imine (C=N–C) groups is 1. The molecule has 17 heavy (non-hydrogen) atoms. The first kappa shape index (κ1) is 14.1. The van der Waals surface area contributed by atoms with Crippen molar-refractivity contribution in [1.82, 2.24) is 10.6 Å². The van der Waals surface area contributed by atoms with Gasteiger partial charge in [0.15, 0.2) is 5.96 Å². The van der Waals surface area contributed by atoms with Gasteiger partial charge in [-0.1, -0.05) is 6.42 Å². The Morgan fingerprint density at radius 3 is 2.59 bits per heavy atom. The molecular weight excluding hydrogens is 231 g/mol. The summed E-state index contributed by atoms with van der Waals surface area (Å²) in [6.07, 6.45) is -2.00. The average molecular weight is 251 g/mol. The Morgan fingerprint density at radius 2 is 2.06 bits per heavy atom. The maximum Gasteiger partial charge on any atom is 0.391 e. The lowest BCUT2D eigenvalue weighted by Gasteiger charge is -2.30. The van der Waals surface area contributed by atoms with Crippen LogP contribution in [-0.2, 0) is 0 Å². The summed E-state index contributed by atoms with van der Waals surface area (Å²) in [5.41, 5.74) is 0. The molecule has 3 nitrogen and oxygen atoms in total. The molecule has 1 rings (SSSR count). The van der Waals surface area contributed by atoms with E-state index in [1.54, 1.807) is 14.1 Å². The minimum atomic E-state index is -4.04. The van der Waals surface area contributed by atoms with Crippen LogP contribution in [0.2, 0.25) is 0 Å². The zero-order valence-electron chi connectivity index (χ0n) is 10.3. The molecule has 6 heteroatoms. The van der Waals surface area contributed by atoms with Crippen molar-refractivity contribution in [2.75, 3.05) is 20.6 Å². The summed E-state index contributed by atoms with van der Waals surface area (Å²) < 4.78 is 37.8. The Labute approximate surface area is 99.9 Å². The van der Waals surface area contributed by atoms with Gasteiger partial charge < -0.3 is 10.6 Å². The van der Waals surface area contributed by atoms with Crippen LogP contribution in [0, 0.1) is 11.8 Å². The summed E-state index contributed by atoms with van der Waals surface area (Å²) in [5.74, 6) is -0.417. The number of rotatable bonds is 2. The van der Waals surface area contributed by atoms with Crippen LogP contribution in [0.25, 0.3) is 0 Å². The van der Waals surface area contributed by atoms with Crippen LogP contribution in [0.5, 0.6) is 0 Å². The highest BCUT2D eigenvalue weighted by atomic mass is 19.4. The van der Waals surface area contributed by atoms with Gasteiger partial charge in [-0.15, -0.1) is 0 Å². The average Bonchev–Trinajstić information content (AvgIpc) is 2.30. The van der Waals surface area contributed by atoms with Crippen LogP contribution in [0.1, 0.15) is 25.7 Å². The van der Waals surface area contributed by atoms with E-state index in [4.69, 9.17) is 0 Å². The number of halogens is 3. The van der Waals surface area contributed by atoms with E-state index < -0.39 is 12.1 Å². The van der Waals surface area contributed by atoms with Gasteiger partial charge in [-0.05, 0) is 25.2 Å². The summed E-state index contributed by atoms with van der Waals surface area (Å²) in [7, 11) is 3.37. The van der Waals surface area contributed by atoms with Crippen molar-refractivity contribution in [3.8, 4) is 0 Å². The van der Waals surface area contributed by atoms with E-state index in [-0.39, 0.29) is 18.8 Å². The van der Waals surface area contributed by atoms with Gasteiger partial charge in [0.1, 0.15) is 0 Å². The lowest BCUT2D eigenvalue weighted by atomic mass is 9.81. The van der Waals surface area contributed by atoms with Crippen molar-refractivity contribution in [2.24, 2.45) is 16.8 Å². The maximum atomic E-state index is 12.6. The molecule has 0 radical (unpaired) electrons. The van der Waals surface area contributed by atoms with Crippen LogP contribution in [0.3, 0.4) is 0 Å². The second-order valence-electron chi connectivity index (χ2n) is 4.47. The number of hydrogen-bond donors (Lipinski definition) is 2. The molecule has 0 spiro atoms. The fraction of sp³-hybridized carbons (Fsp3) is 0.909. The van der Waals surface area contributed by atoms with E-state index in [2.05, 4.69) is 15.6 Å². The Bertz CT molecular complexity index is 263. The summed E-state index contributed by atoms with van der Waals surface area (Å²) in [6, 6.07) is 0. The molecule has 2 N–H and O–H groups in total. The van der Waals surface area contributed by atoms with Gasteiger partial charge in [-0.3, -0.25) is 4.99 Å². The zero-order valence-corrected chi connectivity index (χ0v) is 10.3. The predicted molar refractivity (Wildman–Crippen MR) is 61.9 cm³/mol. The first-order valence-electron chi connectivity index (χ1n) is 5.92. The van der Waals surface area contributed by atoms with Crippen LogP contribution >= 0.6 is 0 Å². The Hall–Kier alpha value is -0.940. The molecule has 0 aromatic heterocycles. The van der Waals surface area contributed by atoms with Gasteiger partial charge in [0, 0.05) is 20.6 Å². The fourth-order valence-corrected chi connectivity index (χ4v) is 2.29. The van der Waals surface area contributed by atoms with Crippen molar-refractivity contribution in [1.29, 1.82) is 0 Å². The van der Waals surface area contributed by atoms with Gasteiger partial charge >= 0.3 is 6.18 Å². The largest absolute Gasteiger partial charge is 0.391 e. The highest BCUT2D eigenvalue weighted by Gasteiger charge is 2.41. The van der Waals surface area contributed by atoms with Gasteiger partial charge in [-0.2, -0.15) is 13.2 Å². The quantitative estimate of drug-likeness (QED) is 0.583. The molecule has 0 saturated heterocycles. The van der Waals surface area contributed by atoms with Crippen LogP contribution in [0.15, 0.2) is 4.99 Å². The Kier molecular flexibility index (Phi) is 5.08. The van der Waals surface area contributed by atoms with Crippen molar-refractivity contribution in [3.63, 3.8) is 0 Å². The first-order valence-corrected chi connectivity index (χ1v) is 5.92. The van der Waals surface area contributed by atoms with Crippen LogP contribution in [0.4, 0.5) is 13.2 Å². The van der Waals surface area contributed by atoms with Gasteiger partial charge in [0.05, 0.1) is 5.92 Å².